The quantitative estimate of drug-likeness (QED) is 0.564. The van der Waals surface area contributed by atoms with Gasteiger partial charge in [-0.3, -0.25) is 14.4 Å². The van der Waals surface area contributed by atoms with Crippen LogP contribution in [0.15, 0.2) is 29.4 Å². The van der Waals surface area contributed by atoms with Crippen LogP contribution in [0.25, 0.3) is 0 Å². The fourth-order valence-corrected chi connectivity index (χ4v) is 2.79. The monoisotopic (exact) mass is 333 g/mol. The zero-order valence-corrected chi connectivity index (χ0v) is 12.7. The van der Waals surface area contributed by atoms with E-state index in [1.807, 2.05) is 0 Å². The Morgan fingerprint density at radius 1 is 1.17 bits per heavy atom. The highest BCUT2D eigenvalue weighted by Crippen LogP contribution is 2.35. The number of carbonyl (C=O) groups excluding carboxylic acids is 4. The third-order valence-electron chi connectivity index (χ3n) is 3.85. The lowest BCUT2D eigenvalue weighted by Crippen LogP contribution is -2.41. The number of hydrazone groups is 1. The van der Waals surface area contributed by atoms with Crippen molar-refractivity contribution in [2.24, 2.45) is 11.0 Å². The van der Waals surface area contributed by atoms with E-state index in [-0.39, 0.29) is 11.4 Å². The highest BCUT2D eigenvalue weighted by atomic mass is 19.1. The first kappa shape index (κ1) is 15.8. The predicted molar refractivity (Wildman–Crippen MR) is 78.1 cm³/mol. The number of nitrogens with zero attached hydrogens (tertiary/aromatic N) is 3. The van der Waals surface area contributed by atoms with Gasteiger partial charge in [-0.2, -0.15) is 5.10 Å². The standard InChI is InChI=1S/C15H12FN3O5/c1-7(20)19-12-10(11(17-19)15(23)24-2)13(21)18(14(12)22)9-5-3-8(16)4-6-9/h3-6,10,12H,1-2H3. The number of hydrogen-bond donors (Lipinski definition) is 0. The lowest BCUT2D eigenvalue weighted by atomic mass is 9.98. The fourth-order valence-electron chi connectivity index (χ4n) is 2.79. The predicted octanol–water partition coefficient (Wildman–Crippen LogP) is 0.0748. The molecular formula is C15H12FN3O5. The Hall–Kier alpha value is -3.10. The van der Waals surface area contributed by atoms with Gasteiger partial charge in [0, 0.05) is 6.92 Å². The maximum atomic E-state index is 13.1. The molecule has 24 heavy (non-hydrogen) atoms. The Morgan fingerprint density at radius 2 is 1.79 bits per heavy atom. The second-order valence-electron chi connectivity index (χ2n) is 5.25. The van der Waals surface area contributed by atoms with Crippen molar-refractivity contribution in [3.05, 3.63) is 30.1 Å². The normalized spacial score (nSPS) is 22.5. The summed E-state index contributed by atoms with van der Waals surface area (Å²) < 4.78 is 17.6. The molecule has 2 aliphatic heterocycles. The van der Waals surface area contributed by atoms with Crippen molar-refractivity contribution in [2.45, 2.75) is 13.0 Å². The van der Waals surface area contributed by atoms with Crippen molar-refractivity contribution >= 4 is 35.1 Å². The highest BCUT2D eigenvalue weighted by molar-refractivity contribution is 6.46. The smallest absolute Gasteiger partial charge is 0.355 e. The van der Waals surface area contributed by atoms with E-state index in [2.05, 4.69) is 9.84 Å². The molecule has 1 saturated heterocycles. The van der Waals surface area contributed by atoms with E-state index in [0.717, 1.165) is 29.2 Å². The maximum Gasteiger partial charge on any atom is 0.355 e. The van der Waals surface area contributed by atoms with Crippen LogP contribution in [-0.2, 0) is 23.9 Å². The summed E-state index contributed by atoms with van der Waals surface area (Å²) in [7, 11) is 1.11. The molecule has 3 amide bonds. The Kier molecular flexibility index (Phi) is 3.63. The topological polar surface area (TPSA) is 96.3 Å². The van der Waals surface area contributed by atoms with Gasteiger partial charge in [-0.05, 0) is 24.3 Å². The average Bonchev–Trinajstić information content (AvgIpc) is 3.06. The summed E-state index contributed by atoms with van der Waals surface area (Å²) >= 11 is 0. The number of benzene rings is 1. The number of carbonyl (C=O) groups is 4. The molecule has 2 unspecified atom stereocenters. The molecule has 3 rings (SSSR count). The van der Waals surface area contributed by atoms with Gasteiger partial charge in [0.05, 0.1) is 12.8 Å². The number of ether oxygens (including phenoxy) is 1. The summed E-state index contributed by atoms with van der Waals surface area (Å²) in [5, 5.41) is 4.59. The van der Waals surface area contributed by atoms with Gasteiger partial charge in [0.2, 0.25) is 11.8 Å². The Balaban J connectivity index is 2.05. The molecule has 8 nitrogen and oxygen atoms in total. The number of fused-ring (bicyclic) bond motifs is 1. The molecule has 0 spiro atoms. The first-order valence-electron chi connectivity index (χ1n) is 6.96. The Bertz CT molecular complexity index is 789. The summed E-state index contributed by atoms with van der Waals surface area (Å²) in [6.07, 6.45) is 0. The fraction of sp³-hybridized carbons (Fsp3) is 0.267. The lowest BCUT2D eigenvalue weighted by molar-refractivity contribution is -0.136. The molecule has 0 N–H and O–H groups in total. The average molecular weight is 333 g/mol. The minimum atomic E-state index is -1.24. The Labute approximate surface area is 135 Å². The summed E-state index contributed by atoms with van der Waals surface area (Å²) in [5.41, 5.74) is -0.158. The van der Waals surface area contributed by atoms with E-state index in [4.69, 9.17) is 0 Å². The number of anilines is 1. The van der Waals surface area contributed by atoms with Crippen LogP contribution < -0.4 is 4.90 Å². The molecule has 0 bridgehead atoms. The SMILES string of the molecule is COC(=O)C1=NN(C(C)=O)C2C(=O)N(c3ccc(F)cc3)C(=O)C12. The molecule has 0 aliphatic carbocycles. The summed E-state index contributed by atoms with van der Waals surface area (Å²) in [4.78, 5) is 49.7. The number of methoxy groups -OCH3 is 1. The molecule has 0 aromatic heterocycles. The van der Waals surface area contributed by atoms with E-state index in [0.29, 0.717) is 0 Å². The number of imide groups is 1. The van der Waals surface area contributed by atoms with Crippen molar-refractivity contribution in [1.82, 2.24) is 5.01 Å². The van der Waals surface area contributed by atoms with Crippen molar-refractivity contribution < 1.29 is 28.3 Å². The van der Waals surface area contributed by atoms with Gasteiger partial charge in [-0.15, -0.1) is 0 Å². The van der Waals surface area contributed by atoms with Crippen molar-refractivity contribution in [2.75, 3.05) is 12.0 Å². The molecule has 9 heteroatoms. The van der Waals surface area contributed by atoms with Crippen LogP contribution in [0.4, 0.5) is 10.1 Å². The van der Waals surface area contributed by atoms with Gasteiger partial charge < -0.3 is 4.74 Å². The molecular weight excluding hydrogens is 321 g/mol. The number of hydrogen-bond acceptors (Lipinski definition) is 6. The van der Waals surface area contributed by atoms with Gasteiger partial charge in [0.15, 0.2) is 11.8 Å². The molecule has 1 aromatic carbocycles. The van der Waals surface area contributed by atoms with Crippen LogP contribution in [0.2, 0.25) is 0 Å². The molecule has 1 fully saturated rings. The van der Waals surface area contributed by atoms with E-state index >= 15 is 0 Å². The van der Waals surface area contributed by atoms with E-state index in [9.17, 15) is 23.6 Å². The summed E-state index contributed by atoms with van der Waals surface area (Å²) in [6.45, 7) is 1.17. The number of esters is 1. The highest BCUT2D eigenvalue weighted by Gasteiger charge is 2.59. The van der Waals surface area contributed by atoms with Crippen LogP contribution in [-0.4, -0.2) is 47.6 Å². The van der Waals surface area contributed by atoms with Crippen LogP contribution in [0.5, 0.6) is 0 Å². The van der Waals surface area contributed by atoms with E-state index < -0.39 is 41.5 Å². The molecule has 1 aromatic rings. The van der Waals surface area contributed by atoms with E-state index in [1.165, 1.54) is 19.1 Å². The van der Waals surface area contributed by atoms with Crippen molar-refractivity contribution in [3.63, 3.8) is 0 Å². The first-order chi connectivity index (χ1) is 11.4. The minimum Gasteiger partial charge on any atom is -0.464 e. The van der Waals surface area contributed by atoms with Crippen LogP contribution in [0.3, 0.4) is 0 Å². The number of rotatable bonds is 2. The zero-order chi connectivity index (χ0) is 17.6. The number of halogens is 1. The van der Waals surface area contributed by atoms with E-state index in [1.54, 1.807) is 0 Å². The van der Waals surface area contributed by atoms with Gasteiger partial charge in [-0.25, -0.2) is 19.1 Å². The van der Waals surface area contributed by atoms with Crippen molar-refractivity contribution in [1.29, 1.82) is 0 Å². The second-order valence-corrected chi connectivity index (χ2v) is 5.25. The largest absolute Gasteiger partial charge is 0.464 e. The van der Waals surface area contributed by atoms with Gasteiger partial charge >= 0.3 is 5.97 Å². The number of amides is 3. The molecule has 2 aliphatic rings. The molecule has 2 heterocycles. The Morgan fingerprint density at radius 3 is 2.33 bits per heavy atom. The van der Waals surface area contributed by atoms with Crippen LogP contribution >= 0.6 is 0 Å². The van der Waals surface area contributed by atoms with Crippen LogP contribution in [0.1, 0.15) is 6.92 Å². The molecule has 0 saturated carbocycles. The first-order valence-corrected chi connectivity index (χ1v) is 6.96. The van der Waals surface area contributed by atoms with Crippen molar-refractivity contribution in [3.8, 4) is 0 Å². The molecule has 2 atom stereocenters. The molecule has 124 valence electrons. The van der Waals surface area contributed by atoms with Crippen LogP contribution in [0, 0.1) is 11.7 Å². The summed E-state index contributed by atoms with van der Waals surface area (Å²) in [6, 6.07) is 3.48. The lowest BCUT2D eigenvalue weighted by Gasteiger charge is -2.19. The third kappa shape index (κ3) is 2.16. The molecule has 0 radical (unpaired) electrons. The summed E-state index contributed by atoms with van der Waals surface area (Å²) in [5.74, 6) is -4.68. The minimum absolute atomic E-state index is 0.147. The van der Waals surface area contributed by atoms with Gasteiger partial charge in [0.1, 0.15) is 11.7 Å². The maximum absolute atomic E-state index is 13.1. The second kappa shape index (κ2) is 5.52. The third-order valence-corrected chi connectivity index (χ3v) is 3.85. The van der Waals surface area contributed by atoms with Gasteiger partial charge in [-0.1, -0.05) is 0 Å². The zero-order valence-electron chi connectivity index (χ0n) is 12.7. The van der Waals surface area contributed by atoms with Gasteiger partial charge in [0.25, 0.3) is 5.91 Å².